The largest absolute Gasteiger partial charge is 0.480 e. The van der Waals surface area contributed by atoms with Crippen LogP contribution in [0.2, 0.25) is 0 Å². The molecular weight excluding hydrogens is 258 g/mol. The molecule has 0 aliphatic heterocycles. The second-order valence-electron chi connectivity index (χ2n) is 4.43. The Morgan fingerprint density at radius 3 is 2.56 bits per heavy atom. The quantitative estimate of drug-likeness (QED) is 0.772. The highest BCUT2D eigenvalue weighted by atomic mass is 32.2. The SMILES string of the molecule is CC(C)CC(NS(=O)(=O)c1ccnn1C)C(=O)O. The van der Waals surface area contributed by atoms with Crippen LogP contribution >= 0.6 is 0 Å². The number of hydrogen-bond donors (Lipinski definition) is 2. The van der Waals surface area contributed by atoms with Gasteiger partial charge in [0.15, 0.2) is 5.03 Å². The summed E-state index contributed by atoms with van der Waals surface area (Å²) < 4.78 is 27.3. The number of sulfonamides is 1. The molecule has 0 spiro atoms. The van der Waals surface area contributed by atoms with E-state index in [0.717, 1.165) is 0 Å². The predicted octanol–water partition coefficient (Wildman–Crippen LogP) is 0.198. The molecular formula is C10H17N3O4S. The first kappa shape index (κ1) is 14.7. The van der Waals surface area contributed by atoms with E-state index in [2.05, 4.69) is 9.82 Å². The van der Waals surface area contributed by atoms with Crippen LogP contribution in [0.4, 0.5) is 0 Å². The number of aromatic nitrogens is 2. The number of rotatable bonds is 6. The molecule has 18 heavy (non-hydrogen) atoms. The summed E-state index contributed by atoms with van der Waals surface area (Å²) in [5, 5.41) is 12.7. The molecule has 0 saturated carbocycles. The van der Waals surface area contributed by atoms with Crippen molar-refractivity contribution in [1.82, 2.24) is 14.5 Å². The first-order valence-electron chi connectivity index (χ1n) is 5.47. The van der Waals surface area contributed by atoms with Crippen molar-refractivity contribution in [3.63, 3.8) is 0 Å². The van der Waals surface area contributed by atoms with Gasteiger partial charge < -0.3 is 5.11 Å². The number of aliphatic carboxylic acids is 1. The summed E-state index contributed by atoms with van der Waals surface area (Å²) in [6, 6.07) is 0.182. The van der Waals surface area contributed by atoms with Gasteiger partial charge in [-0.1, -0.05) is 13.8 Å². The van der Waals surface area contributed by atoms with Gasteiger partial charge in [-0.25, -0.2) is 8.42 Å². The molecule has 1 atom stereocenters. The van der Waals surface area contributed by atoms with E-state index in [9.17, 15) is 13.2 Å². The minimum atomic E-state index is -3.87. The Labute approximate surface area is 106 Å². The molecule has 1 unspecified atom stereocenters. The Bertz CT molecular complexity index is 521. The van der Waals surface area contributed by atoms with Crippen LogP contribution in [0.25, 0.3) is 0 Å². The Balaban J connectivity index is 2.94. The van der Waals surface area contributed by atoms with E-state index in [-0.39, 0.29) is 17.4 Å². The summed E-state index contributed by atoms with van der Waals surface area (Å²) in [6.45, 7) is 3.66. The zero-order chi connectivity index (χ0) is 13.9. The van der Waals surface area contributed by atoms with E-state index >= 15 is 0 Å². The van der Waals surface area contributed by atoms with E-state index in [4.69, 9.17) is 5.11 Å². The van der Waals surface area contributed by atoms with Gasteiger partial charge in [0.2, 0.25) is 0 Å². The lowest BCUT2D eigenvalue weighted by molar-refractivity contribution is -0.139. The molecule has 1 rings (SSSR count). The maximum Gasteiger partial charge on any atom is 0.321 e. The van der Waals surface area contributed by atoms with Crippen molar-refractivity contribution < 1.29 is 18.3 Å². The third-order valence-corrected chi connectivity index (χ3v) is 3.90. The zero-order valence-corrected chi connectivity index (χ0v) is 11.3. The molecule has 8 heteroatoms. The maximum atomic E-state index is 12.0. The smallest absolute Gasteiger partial charge is 0.321 e. The van der Waals surface area contributed by atoms with Crippen LogP contribution in [-0.2, 0) is 21.9 Å². The van der Waals surface area contributed by atoms with Crippen molar-refractivity contribution in [2.75, 3.05) is 0 Å². The minimum Gasteiger partial charge on any atom is -0.480 e. The summed E-state index contributed by atoms with van der Waals surface area (Å²) in [7, 11) is -2.39. The first-order valence-corrected chi connectivity index (χ1v) is 6.95. The normalized spacial score (nSPS) is 13.8. The van der Waals surface area contributed by atoms with Crippen molar-refractivity contribution in [1.29, 1.82) is 0 Å². The highest BCUT2D eigenvalue weighted by Gasteiger charge is 2.27. The number of nitrogens with zero attached hydrogens (tertiary/aromatic N) is 2. The van der Waals surface area contributed by atoms with E-state index in [1.165, 1.54) is 24.0 Å². The van der Waals surface area contributed by atoms with E-state index in [0.29, 0.717) is 0 Å². The molecule has 0 aliphatic carbocycles. The summed E-state index contributed by atoms with van der Waals surface area (Å²) in [5.41, 5.74) is 0. The molecule has 0 amide bonds. The second kappa shape index (κ2) is 5.49. The number of nitrogens with one attached hydrogen (secondary N) is 1. The van der Waals surface area contributed by atoms with Gasteiger partial charge in [-0.15, -0.1) is 0 Å². The monoisotopic (exact) mass is 275 g/mol. The van der Waals surface area contributed by atoms with Gasteiger partial charge in [0, 0.05) is 7.05 Å². The summed E-state index contributed by atoms with van der Waals surface area (Å²) in [4.78, 5) is 11.0. The first-order chi connectivity index (χ1) is 8.24. The second-order valence-corrected chi connectivity index (χ2v) is 6.10. The number of carboxylic acids is 1. The molecule has 0 fully saturated rings. The van der Waals surface area contributed by atoms with Crippen molar-refractivity contribution in [2.45, 2.75) is 31.3 Å². The Hall–Kier alpha value is -1.41. The van der Waals surface area contributed by atoms with E-state index in [1.807, 2.05) is 13.8 Å². The van der Waals surface area contributed by atoms with Crippen LogP contribution in [-0.4, -0.2) is 35.3 Å². The van der Waals surface area contributed by atoms with Crippen molar-refractivity contribution in [3.8, 4) is 0 Å². The number of hydrogen-bond acceptors (Lipinski definition) is 4. The molecule has 0 aliphatic rings. The minimum absolute atomic E-state index is 0.0579. The van der Waals surface area contributed by atoms with Crippen LogP contribution in [0.3, 0.4) is 0 Å². The molecule has 2 N–H and O–H groups in total. The highest BCUT2D eigenvalue weighted by Crippen LogP contribution is 2.11. The van der Waals surface area contributed by atoms with Gasteiger partial charge >= 0.3 is 5.97 Å². The topological polar surface area (TPSA) is 101 Å². The lowest BCUT2D eigenvalue weighted by Gasteiger charge is -2.16. The highest BCUT2D eigenvalue weighted by molar-refractivity contribution is 7.89. The van der Waals surface area contributed by atoms with Crippen LogP contribution < -0.4 is 4.72 Å². The van der Waals surface area contributed by atoms with Crippen LogP contribution in [0.15, 0.2) is 17.3 Å². The van der Waals surface area contributed by atoms with Crippen molar-refractivity contribution in [3.05, 3.63) is 12.3 Å². The van der Waals surface area contributed by atoms with Crippen LogP contribution in [0.5, 0.6) is 0 Å². The fourth-order valence-electron chi connectivity index (χ4n) is 1.54. The van der Waals surface area contributed by atoms with Crippen LogP contribution in [0, 0.1) is 5.92 Å². The third kappa shape index (κ3) is 3.54. The molecule has 0 radical (unpaired) electrons. The van der Waals surface area contributed by atoms with Gasteiger partial charge in [-0.3, -0.25) is 9.48 Å². The zero-order valence-electron chi connectivity index (χ0n) is 10.5. The average Bonchev–Trinajstić information content (AvgIpc) is 2.62. The molecule has 102 valence electrons. The number of carbonyl (C=O) groups is 1. The van der Waals surface area contributed by atoms with Gasteiger partial charge in [0.1, 0.15) is 6.04 Å². The van der Waals surface area contributed by atoms with E-state index < -0.39 is 22.0 Å². The third-order valence-electron chi connectivity index (χ3n) is 2.35. The summed E-state index contributed by atoms with van der Waals surface area (Å²) >= 11 is 0. The predicted molar refractivity (Wildman–Crippen MR) is 64.4 cm³/mol. The van der Waals surface area contributed by atoms with Crippen LogP contribution in [0.1, 0.15) is 20.3 Å². The van der Waals surface area contributed by atoms with E-state index in [1.54, 1.807) is 0 Å². The molecule has 0 bridgehead atoms. The van der Waals surface area contributed by atoms with Gasteiger partial charge in [-0.05, 0) is 18.4 Å². The molecule has 0 aromatic carbocycles. The maximum absolute atomic E-state index is 12.0. The molecule has 7 nitrogen and oxygen atoms in total. The lowest BCUT2D eigenvalue weighted by Crippen LogP contribution is -2.42. The summed E-state index contributed by atoms with van der Waals surface area (Å²) in [5.74, 6) is -1.12. The van der Waals surface area contributed by atoms with Gasteiger partial charge in [0.25, 0.3) is 10.0 Å². The Morgan fingerprint density at radius 2 is 2.17 bits per heavy atom. The standard InChI is InChI=1S/C10H17N3O4S/c1-7(2)6-8(10(14)15)12-18(16,17)9-4-5-11-13(9)3/h4-5,7-8,12H,6H2,1-3H3,(H,14,15). The van der Waals surface area contributed by atoms with Gasteiger partial charge in [0.05, 0.1) is 6.20 Å². The number of carboxylic acid groups (broad SMARTS) is 1. The average molecular weight is 275 g/mol. The van der Waals surface area contributed by atoms with Crippen molar-refractivity contribution >= 4 is 16.0 Å². The molecule has 1 aromatic rings. The molecule has 1 aromatic heterocycles. The number of aryl methyl sites for hydroxylation is 1. The Morgan fingerprint density at radius 1 is 1.56 bits per heavy atom. The molecule has 1 heterocycles. The lowest BCUT2D eigenvalue weighted by atomic mass is 10.1. The Kier molecular flexibility index (Phi) is 4.47. The fraction of sp³-hybridized carbons (Fsp3) is 0.600. The molecule has 0 saturated heterocycles. The summed E-state index contributed by atoms with van der Waals surface area (Å²) in [6.07, 6.45) is 1.57. The van der Waals surface area contributed by atoms with Crippen molar-refractivity contribution in [2.24, 2.45) is 13.0 Å². The van der Waals surface area contributed by atoms with Gasteiger partial charge in [-0.2, -0.15) is 9.82 Å². The fourth-order valence-corrected chi connectivity index (χ4v) is 2.87.